The van der Waals surface area contributed by atoms with Gasteiger partial charge in [0.25, 0.3) is 0 Å². The molecule has 0 spiro atoms. The molecule has 0 aromatic heterocycles. The van der Waals surface area contributed by atoms with Crippen molar-refractivity contribution in [1.82, 2.24) is 5.32 Å². The third kappa shape index (κ3) is 3.35. The molecule has 1 atom stereocenters. The van der Waals surface area contributed by atoms with Crippen LogP contribution in [0.4, 0.5) is 0 Å². The van der Waals surface area contributed by atoms with Gasteiger partial charge in [0, 0.05) is 17.0 Å². The van der Waals surface area contributed by atoms with Crippen molar-refractivity contribution < 1.29 is 4.74 Å². The Labute approximate surface area is 114 Å². The molecule has 1 fully saturated rings. The molecule has 0 amide bonds. The summed E-state index contributed by atoms with van der Waals surface area (Å²) in [4.78, 5) is 0. The number of hydrogen-bond donors (Lipinski definition) is 1. The third-order valence-corrected chi connectivity index (χ3v) is 3.30. The lowest BCUT2D eigenvalue weighted by Gasteiger charge is -2.42. The summed E-state index contributed by atoms with van der Waals surface area (Å²) in [6.07, 6.45) is 0. The second-order valence-electron chi connectivity index (χ2n) is 5.35. The topological polar surface area (TPSA) is 21.3 Å². The predicted molar refractivity (Wildman–Crippen MR) is 73.8 cm³/mol. The highest BCUT2D eigenvalue weighted by Gasteiger charge is 2.36. The van der Waals surface area contributed by atoms with E-state index in [4.69, 9.17) is 16.3 Å². The van der Waals surface area contributed by atoms with Crippen molar-refractivity contribution in [2.75, 3.05) is 13.2 Å². The monoisotopic (exact) mass is 275 g/mol. The van der Waals surface area contributed by atoms with Crippen LogP contribution in [0.5, 0.6) is 0 Å². The molecule has 2 rings (SSSR count). The van der Waals surface area contributed by atoms with Gasteiger partial charge in [0.15, 0.2) is 0 Å². The maximum atomic E-state index is 5.95. The fraction of sp³-hybridized carbons (Fsp3) is 0.538. The van der Waals surface area contributed by atoms with Gasteiger partial charge in [0.1, 0.15) is 5.72 Å². The average Bonchev–Trinajstić information content (AvgIpc) is 2.24. The Kier molecular flexibility index (Phi) is 4.48. The molecule has 0 aliphatic carbocycles. The fourth-order valence-electron chi connectivity index (χ4n) is 1.80. The van der Waals surface area contributed by atoms with E-state index in [-0.39, 0.29) is 23.5 Å². The molecule has 1 N–H and O–H groups in total. The number of benzene rings is 1. The fourth-order valence-corrected chi connectivity index (χ4v) is 1.93. The van der Waals surface area contributed by atoms with Crippen molar-refractivity contribution in [2.45, 2.75) is 26.5 Å². The average molecular weight is 276 g/mol. The van der Waals surface area contributed by atoms with Crippen molar-refractivity contribution in [1.29, 1.82) is 0 Å². The molecule has 17 heavy (non-hydrogen) atoms. The standard InChI is InChI=1S/C13H18ClNO.ClH/c1-12(2)8-15-13(3,16-9-12)10-4-6-11(14)7-5-10;/h4-7,15H,8-9H2,1-3H3;1H. The smallest absolute Gasteiger partial charge is 0.142 e. The van der Waals surface area contributed by atoms with Crippen molar-refractivity contribution in [3.8, 4) is 0 Å². The first-order chi connectivity index (χ1) is 7.41. The maximum absolute atomic E-state index is 5.95. The van der Waals surface area contributed by atoms with Crippen molar-refractivity contribution >= 4 is 24.0 Å². The second-order valence-corrected chi connectivity index (χ2v) is 5.78. The lowest BCUT2D eigenvalue weighted by molar-refractivity contribution is -0.131. The van der Waals surface area contributed by atoms with Crippen LogP contribution in [0.15, 0.2) is 24.3 Å². The summed E-state index contributed by atoms with van der Waals surface area (Å²) in [5.41, 5.74) is 0.930. The minimum Gasteiger partial charge on any atom is -0.356 e. The molecule has 1 aliphatic heterocycles. The van der Waals surface area contributed by atoms with E-state index in [0.717, 1.165) is 23.7 Å². The molecule has 1 unspecified atom stereocenters. The van der Waals surface area contributed by atoms with Crippen molar-refractivity contribution in [3.05, 3.63) is 34.9 Å². The van der Waals surface area contributed by atoms with Gasteiger partial charge in [0.2, 0.25) is 0 Å². The number of halogens is 2. The zero-order chi connectivity index (χ0) is 11.8. The molecule has 1 aliphatic rings. The Morgan fingerprint density at radius 2 is 1.76 bits per heavy atom. The molecule has 2 nitrogen and oxygen atoms in total. The lowest BCUT2D eigenvalue weighted by Crippen LogP contribution is -2.53. The summed E-state index contributed by atoms with van der Waals surface area (Å²) in [7, 11) is 0. The Morgan fingerprint density at radius 1 is 1.18 bits per heavy atom. The molecule has 0 radical (unpaired) electrons. The molecule has 1 aromatic carbocycles. The van der Waals surface area contributed by atoms with E-state index in [1.165, 1.54) is 0 Å². The summed E-state index contributed by atoms with van der Waals surface area (Å²) in [5, 5.41) is 4.21. The summed E-state index contributed by atoms with van der Waals surface area (Å²) >= 11 is 5.88. The van der Waals surface area contributed by atoms with E-state index in [9.17, 15) is 0 Å². The molecule has 96 valence electrons. The van der Waals surface area contributed by atoms with E-state index in [1.807, 2.05) is 24.3 Å². The third-order valence-electron chi connectivity index (χ3n) is 3.05. The number of nitrogens with one attached hydrogen (secondary N) is 1. The van der Waals surface area contributed by atoms with Gasteiger partial charge >= 0.3 is 0 Å². The van der Waals surface area contributed by atoms with Crippen LogP contribution in [-0.4, -0.2) is 13.2 Å². The molecule has 0 bridgehead atoms. The zero-order valence-corrected chi connectivity index (χ0v) is 12.0. The van der Waals surface area contributed by atoms with Crippen LogP contribution < -0.4 is 5.32 Å². The van der Waals surface area contributed by atoms with E-state index >= 15 is 0 Å². The minimum atomic E-state index is -0.389. The molecular formula is C13H19Cl2NO. The normalized spacial score (nSPS) is 27.3. The summed E-state index contributed by atoms with van der Waals surface area (Å²) < 4.78 is 5.95. The quantitative estimate of drug-likeness (QED) is 0.846. The summed E-state index contributed by atoms with van der Waals surface area (Å²) in [6, 6.07) is 7.81. The Bertz CT molecular complexity index is 366. The van der Waals surface area contributed by atoms with Crippen molar-refractivity contribution in [3.63, 3.8) is 0 Å². The van der Waals surface area contributed by atoms with Crippen LogP contribution >= 0.6 is 24.0 Å². The van der Waals surface area contributed by atoms with E-state index in [0.29, 0.717) is 0 Å². The molecular weight excluding hydrogens is 257 g/mol. The van der Waals surface area contributed by atoms with Gasteiger partial charge in [-0.25, -0.2) is 0 Å². The van der Waals surface area contributed by atoms with E-state index in [1.54, 1.807) is 0 Å². The van der Waals surface area contributed by atoms with Crippen LogP contribution in [0, 0.1) is 5.41 Å². The molecule has 4 heteroatoms. The zero-order valence-electron chi connectivity index (χ0n) is 10.4. The number of ether oxygens (including phenoxy) is 1. The maximum Gasteiger partial charge on any atom is 0.142 e. The summed E-state index contributed by atoms with van der Waals surface area (Å²) in [6.45, 7) is 8.17. The predicted octanol–water partition coefficient (Wildman–Crippen LogP) is 3.58. The highest BCUT2D eigenvalue weighted by Crippen LogP contribution is 2.31. The Morgan fingerprint density at radius 3 is 2.24 bits per heavy atom. The van der Waals surface area contributed by atoms with Crippen LogP contribution in [0.3, 0.4) is 0 Å². The highest BCUT2D eigenvalue weighted by molar-refractivity contribution is 6.30. The van der Waals surface area contributed by atoms with Gasteiger partial charge in [-0.05, 0) is 24.6 Å². The molecule has 1 saturated heterocycles. The van der Waals surface area contributed by atoms with Gasteiger partial charge in [-0.3, -0.25) is 5.32 Å². The Balaban J connectivity index is 0.00000144. The van der Waals surface area contributed by atoms with Crippen LogP contribution in [-0.2, 0) is 10.5 Å². The van der Waals surface area contributed by atoms with Crippen molar-refractivity contribution in [2.24, 2.45) is 5.41 Å². The van der Waals surface area contributed by atoms with Crippen LogP contribution in [0.2, 0.25) is 5.02 Å². The van der Waals surface area contributed by atoms with Gasteiger partial charge in [0.05, 0.1) is 6.61 Å². The Hall–Kier alpha value is -0.280. The molecule has 0 saturated carbocycles. The van der Waals surface area contributed by atoms with Gasteiger partial charge < -0.3 is 4.74 Å². The van der Waals surface area contributed by atoms with E-state index < -0.39 is 0 Å². The van der Waals surface area contributed by atoms with Crippen LogP contribution in [0.25, 0.3) is 0 Å². The SMILES string of the molecule is CC1(C)CNC(C)(c2ccc(Cl)cc2)OC1.Cl. The summed E-state index contributed by atoms with van der Waals surface area (Å²) in [5.74, 6) is 0. The lowest BCUT2D eigenvalue weighted by atomic mass is 9.90. The second kappa shape index (κ2) is 5.15. The van der Waals surface area contributed by atoms with Crippen LogP contribution in [0.1, 0.15) is 26.3 Å². The molecule has 1 aromatic rings. The van der Waals surface area contributed by atoms with Gasteiger partial charge in [-0.1, -0.05) is 37.6 Å². The first-order valence-corrected chi connectivity index (χ1v) is 5.94. The first kappa shape index (κ1) is 14.8. The van der Waals surface area contributed by atoms with E-state index in [2.05, 4.69) is 26.1 Å². The van der Waals surface area contributed by atoms with Gasteiger partial charge in [-0.15, -0.1) is 12.4 Å². The molecule has 1 heterocycles. The first-order valence-electron chi connectivity index (χ1n) is 5.56. The number of rotatable bonds is 1. The highest BCUT2D eigenvalue weighted by atomic mass is 35.5. The largest absolute Gasteiger partial charge is 0.356 e. The minimum absolute atomic E-state index is 0. The number of hydrogen-bond acceptors (Lipinski definition) is 2. The van der Waals surface area contributed by atoms with Gasteiger partial charge in [-0.2, -0.15) is 0 Å².